The van der Waals surface area contributed by atoms with Crippen molar-refractivity contribution in [3.05, 3.63) is 59.2 Å². The summed E-state index contributed by atoms with van der Waals surface area (Å²) in [6.07, 6.45) is 3.06. The predicted molar refractivity (Wildman–Crippen MR) is 79.9 cm³/mol. The van der Waals surface area contributed by atoms with Gasteiger partial charge in [0.15, 0.2) is 0 Å². The standard InChI is InChI=1S/C15H12S2/c1-17-15(16)13-8-4-7-12-11-6-3-2-5-10(11)9-14(12)13/h2-8H,9H2,1H3. The molecule has 0 atom stereocenters. The van der Waals surface area contributed by atoms with Gasteiger partial charge in [-0.25, -0.2) is 0 Å². The van der Waals surface area contributed by atoms with Crippen LogP contribution in [0.4, 0.5) is 0 Å². The fourth-order valence-corrected chi connectivity index (χ4v) is 3.06. The van der Waals surface area contributed by atoms with Crippen molar-refractivity contribution in [3.8, 4) is 11.1 Å². The van der Waals surface area contributed by atoms with E-state index in [4.69, 9.17) is 12.2 Å². The van der Waals surface area contributed by atoms with Gasteiger partial charge in [0.25, 0.3) is 0 Å². The summed E-state index contributed by atoms with van der Waals surface area (Å²) < 4.78 is 0.995. The molecule has 0 bridgehead atoms. The highest BCUT2D eigenvalue weighted by Crippen LogP contribution is 2.38. The van der Waals surface area contributed by atoms with Crippen LogP contribution in [-0.2, 0) is 6.42 Å². The van der Waals surface area contributed by atoms with Gasteiger partial charge in [-0.05, 0) is 34.9 Å². The van der Waals surface area contributed by atoms with E-state index in [0.717, 1.165) is 10.6 Å². The summed E-state index contributed by atoms with van der Waals surface area (Å²) >= 11 is 7.09. The molecule has 3 rings (SSSR count). The van der Waals surface area contributed by atoms with Gasteiger partial charge in [-0.1, -0.05) is 54.7 Å². The van der Waals surface area contributed by atoms with Gasteiger partial charge in [-0.2, -0.15) is 0 Å². The Morgan fingerprint density at radius 3 is 2.65 bits per heavy atom. The maximum absolute atomic E-state index is 5.44. The average Bonchev–Trinajstić information content (AvgIpc) is 2.76. The molecule has 0 aromatic heterocycles. The lowest BCUT2D eigenvalue weighted by molar-refractivity contribution is 1.26. The van der Waals surface area contributed by atoms with Gasteiger partial charge in [0.2, 0.25) is 0 Å². The molecule has 2 aromatic carbocycles. The van der Waals surface area contributed by atoms with Gasteiger partial charge in [0, 0.05) is 5.56 Å². The van der Waals surface area contributed by atoms with Crippen molar-refractivity contribution < 1.29 is 0 Å². The minimum Gasteiger partial charge on any atom is -0.117 e. The topological polar surface area (TPSA) is 0 Å². The van der Waals surface area contributed by atoms with Crippen molar-refractivity contribution >= 4 is 28.2 Å². The second-order valence-corrected chi connectivity index (χ2v) is 5.64. The van der Waals surface area contributed by atoms with Gasteiger partial charge < -0.3 is 0 Å². The highest BCUT2D eigenvalue weighted by molar-refractivity contribution is 8.23. The first kappa shape index (κ1) is 11.0. The molecule has 84 valence electrons. The smallest absolute Gasteiger partial charge is 0.0778 e. The Labute approximate surface area is 111 Å². The van der Waals surface area contributed by atoms with Crippen molar-refractivity contribution in [3.63, 3.8) is 0 Å². The quantitative estimate of drug-likeness (QED) is 0.595. The zero-order chi connectivity index (χ0) is 11.8. The van der Waals surface area contributed by atoms with E-state index >= 15 is 0 Å². The zero-order valence-electron chi connectivity index (χ0n) is 9.57. The summed E-state index contributed by atoms with van der Waals surface area (Å²) in [5.41, 5.74) is 6.77. The van der Waals surface area contributed by atoms with Crippen LogP contribution in [0.15, 0.2) is 42.5 Å². The molecule has 0 heterocycles. The summed E-state index contributed by atoms with van der Waals surface area (Å²) in [5.74, 6) is 0. The van der Waals surface area contributed by atoms with Crippen LogP contribution >= 0.6 is 24.0 Å². The molecule has 0 spiro atoms. The van der Waals surface area contributed by atoms with E-state index in [9.17, 15) is 0 Å². The van der Waals surface area contributed by atoms with E-state index in [1.165, 1.54) is 27.8 Å². The van der Waals surface area contributed by atoms with Gasteiger partial charge in [0.05, 0.1) is 4.20 Å². The number of hydrogen-bond donors (Lipinski definition) is 0. The summed E-state index contributed by atoms with van der Waals surface area (Å²) in [7, 11) is 0. The van der Waals surface area contributed by atoms with Crippen LogP contribution in [0.2, 0.25) is 0 Å². The van der Waals surface area contributed by atoms with E-state index in [1.807, 2.05) is 6.26 Å². The molecular formula is C15H12S2. The molecule has 0 amide bonds. The lowest BCUT2D eigenvalue weighted by Gasteiger charge is -2.07. The first-order chi connectivity index (χ1) is 8.31. The first-order valence-electron chi connectivity index (χ1n) is 5.59. The number of thioether (sulfide) groups is 1. The van der Waals surface area contributed by atoms with Crippen LogP contribution in [0.3, 0.4) is 0 Å². The Morgan fingerprint density at radius 1 is 1.06 bits per heavy atom. The highest BCUT2D eigenvalue weighted by Gasteiger charge is 2.21. The molecule has 0 nitrogen and oxygen atoms in total. The Morgan fingerprint density at radius 2 is 1.82 bits per heavy atom. The molecule has 0 radical (unpaired) electrons. The van der Waals surface area contributed by atoms with Crippen LogP contribution in [-0.4, -0.2) is 10.5 Å². The molecule has 0 N–H and O–H groups in total. The lowest BCUT2D eigenvalue weighted by Crippen LogP contribution is -1.97. The molecule has 17 heavy (non-hydrogen) atoms. The van der Waals surface area contributed by atoms with E-state index in [0.29, 0.717) is 0 Å². The number of thiocarbonyl (C=S) groups is 1. The van der Waals surface area contributed by atoms with Crippen LogP contribution in [0, 0.1) is 0 Å². The molecule has 2 aromatic rings. The molecule has 1 aliphatic rings. The van der Waals surface area contributed by atoms with Crippen molar-refractivity contribution in [2.75, 3.05) is 6.26 Å². The number of rotatable bonds is 1. The molecule has 0 saturated carbocycles. The minimum atomic E-state index is 0.995. The Balaban J connectivity index is 2.20. The number of benzene rings is 2. The number of fused-ring (bicyclic) bond motifs is 3. The third-order valence-electron chi connectivity index (χ3n) is 3.26. The second kappa shape index (κ2) is 4.28. The van der Waals surface area contributed by atoms with Crippen LogP contribution in [0.25, 0.3) is 11.1 Å². The first-order valence-corrected chi connectivity index (χ1v) is 7.23. The SMILES string of the molecule is CSC(=S)c1cccc2c1Cc1ccccc1-2. The third-order valence-corrected chi connectivity index (χ3v) is 4.57. The van der Waals surface area contributed by atoms with Crippen molar-refractivity contribution in [2.45, 2.75) is 6.42 Å². The second-order valence-electron chi connectivity index (χ2n) is 4.16. The molecule has 0 fully saturated rings. The normalized spacial score (nSPS) is 12.1. The monoisotopic (exact) mass is 256 g/mol. The zero-order valence-corrected chi connectivity index (χ0v) is 11.2. The fourth-order valence-electron chi connectivity index (χ4n) is 2.46. The van der Waals surface area contributed by atoms with Crippen LogP contribution < -0.4 is 0 Å². The summed E-state index contributed by atoms with van der Waals surface area (Å²) in [5, 5.41) is 0. The van der Waals surface area contributed by atoms with Gasteiger partial charge in [-0.15, -0.1) is 11.8 Å². The van der Waals surface area contributed by atoms with E-state index in [1.54, 1.807) is 11.8 Å². The fraction of sp³-hybridized carbons (Fsp3) is 0.133. The van der Waals surface area contributed by atoms with Gasteiger partial charge in [-0.3, -0.25) is 0 Å². The highest BCUT2D eigenvalue weighted by atomic mass is 32.2. The average molecular weight is 256 g/mol. The predicted octanol–water partition coefficient (Wildman–Crippen LogP) is 4.30. The third kappa shape index (κ3) is 1.72. The summed E-state index contributed by atoms with van der Waals surface area (Å²) in [6, 6.07) is 15.1. The largest absolute Gasteiger partial charge is 0.117 e. The Bertz CT molecular complexity index is 600. The molecular weight excluding hydrogens is 244 g/mol. The molecule has 0 unspecified atom stereocenters. The van der Waals surface area contributed by atoms with Crippen molar-refractivity contribution in [2.24, 2.45) is 0 Å². The lowest BCUT2D eigenvalue weighted by atomic mass is 10.0. The van der Waals surface area contributed by atoms with Crippen molar-refractivity contribution in [1.82, 2.24) is 0 Å². The maximum Gasteiger partial charge on any atom is 0.0778 e. The van der Waals surface area contributed by atoms with E-state index < -0.39 is 0 Å². The molecule has 0 saturated heterocycles. The maximum atomic E-state index is 5.44. The van der Waals surface area contributed by atoms with Gasteiger partial charge in [0.1, 0.15) is 0 Å². The molecule has 0 aliphatic heterocycles. The number of hydrogen-bond acceptors (Lipinski definition) is 2. The van der Waals surface area contributed by atoms with Crippen molar-refractivity contribution in [1.29, 1.82) is 0 Å². The molecule has 2 heteroatoms. The summed E-state index contributed by atoms with van der Waals surface area (Å²) in [4.78, 5) is 0. The summed E-state index contributed by atoms with van der Waals surface area (Å²) in [6.45, 7) is 0. The van der Waals surface area contributed by atoms with E-state index in [-0.39, 0.29) is 0 Å². The van der Waals surface area contributed by atoms with Gasteiger partial charge >= 0.3 is 0 Å². The minimum absolute atomic E-state index is 0.995. The Hall–Kier alpha value is -1.12. The van der Waals surface area contributed by atoms with Crippen LogP contribution in [0.5, 0.6) is 0 Å². The van der Waals surface area contributed by atoms with E-state index in [2.05, 4.69) is 42.5 Å². The molecule has 1 aliphatic carbocycles. The Kier molecular flexibility index (Phi) is 2.77. The van der Waals surface area contributed by atoms with Crippen LogP contribution in [0.1, 0.15) is 16.7 Å².